The van der Waals surface area contributed by atoms with Crippen molar-refractivity contribution in [2.24, 2.45) is 0 Å². The summed E-state index contributed by atoms with van der Waals surface area (Å²) in [6, 6.07) is 8.90. The molecule has 0 unspecified atom stereocenters. The van der Waals surface area contributed by atoms with Crippen LogP contribution in [0.15, 0.2) is 36.7 Å². The first-order valence-electron chi connectivity index (χ1n) is 14.7. The Morgan fingerprint density at radius 3 is 1.26 bits per heavy atom. The van der Waals surface area contributed by atoms with Gasteiger partial charge in [-0.3, -0.25) is 0 Å². The molecular weight excluding hydrogens is 412 g/mol. The topological polar surface area (TPSA) is 25.8 Å². The molecule has 0 fully saturated rings. The van der Waals surface area contributed by atoms with Gasteiger partial charge in [0.05, 0.1) is 0 Å². The summed E-state index contributed by atoms with van der Waals surface area (Å²) in [5.74, 6) is 0.852. The number of benzene rings is 1. The quantitative estimate of drug-likeness (QED) is 0.172. The highest BCUT2D eigenvalue weighted by molar-refractivity contribution is 5.55. The summed E-state index contributed by atoms with van der Waals surface area (Å²) in [6.45, 7) is 4.57. The van der Waals surface area contributed by atoms with E-state index in [4.69, 9.17) is 0 Å². The Balaban J connectivity index is 1.56. The van der Waals surface area contributed by atoms with Crippen molar-refractivity contribution >= 4 is 0 Å². The highest BCUT2D eigenvalue weighted by Crippen LogP contribution is 2.18. The standard InChI is InChI=1S/C32H52N2/c1-3-5-7-9-11-12-13-14-16-18-20-22-30-27-33-32(34-28-30)31-25-23-29(24-26-31)21-19-17-15-10-8-6-4-2/h23-28H,3-22H2,1-2H3. The lowest BCUT2D eigenvalue weighted by molar-refractivity contribution is 0.549. The molecule has 2 heteroatoms. The molecule has 0 aliphatic heterocycles. The Hall–Kier alpha value is -1.70. The second-order valence-corrected chi connectivity index (χ2v) is 10.3. The van der Waals surface area contributed by atoms with E-state index in [-0.39, 0.29) is 0 Å². The van der Waals surface area contributed by atoms with Crippen LogP contribution in [-0.2, 0) is 12.8 Å². The third kappa shape index (κ3) is 13.3. The third-order valence-corrected chi connectivity index (χ3v) is 7.06. The number of hydrogen-bond donors (Lipinski definition) is 0. The van der Waals surface area contributed by atoms with Crippen LogP contribution in [-0.4, -0.2) is 9.97 Å². The zero-order valence-corrected chi connectivity index (χ0v) is 22.5. The second kappa shape index (κ2) is 19.6. The zero-order valence-electron chi connectivity index (χ0n) is 22.5. The lowest BCUT2D eigenvalue weighted by Crippen LogP contribution is -1.94. The van der Waals surface area contributed by atoms with Crippen molar-refractivity contribution in [1.82, 2.24) is 9.97 Å². The van der Waals surface area contributed by atoms with Crippen molar-refractivity contribution in [3.05, 3.63) is 47.8 Å². The molecule has 2 nitrogen and oxygen atoms in total. The molecule has 1 aromatic heterocycles. The van der Waals surface area contributed by atoms with E-state index < -0.39 is 0 Å². The van der Waals surface area contributed by atoms with E-state index in [1.807, 2.05) is 12.4 Å². The van der Waals surface area contributed by atoms with Crippen LogP contribution >= 0.6 is 0 Å². The molecule has 1 heterocycles. The monoisotopic (exact) mass is 464 g/mol. The summed E-state index contributed by atoms with van der Waals surface area (Å²) < 4.78 is 0. The van der Waals surface area contributed by atoms with Gasteiger partial charge < -0.3 is 0 Å². The molecule has 0 saturated heterocycles. The SMILES string of the molecule is CCCCCCCCCCCCCc1cnc(-c2ccc(CCCCCCCCC)cc2)nc1. The molecule has 0 saturated carbocycles. The van der Waals surface area contributed by atoms with Gasteiger partial charge in [-0.05, 0) is 36.8 Å². The summed E-state index contributed by atoms with van der Waals surface area (Å²) in [6.07, 6.45) is 31.2. The largest absolute Gasteiger partial charge is 0.236 e. The maximum Gasteiger partial charge on any atom is 0.159 e. The van der Waals surface area contributed by atoms with Crippen molar-refractivity contribution in [2.75, 3.05) is 0 Å². The van der Waals surface area contributed by atoms with Crippen LogP contribution in [0, 0.1) is 0 Å². The first kappa shape index (κ1) is 28.5. The van der Waals surface area contributed by atoms with Gasteiger partial charge in [0.2, 0.25) is 0 Å². The zero-order chi connectivity index (χ0) is 24.1. The Labute approximate surface area is 211 Å². The molecule has 2 aromatic rings. The van der Waals surface area contributed by atoms with E-state index in [0.29, 0.717) is 0 Å². The number of unbranched alkanes of at least 4 members (excludes halogenated alkanes) is 16. The lowest BCUT2D eigenvalue weighted by atomic mass is 10.0. The predicted molar refractivity (Wildman–Crippen MR) is 149 cm³/mol. The molecule has 1 aromatic carbocycles. The van der Waals surface area contributed by atoms with E-state index in [0.717, 1.165) is 17.8 Å². The van der Waals surface area contributed by atoms with Gasteiger partial charge in [-0.25, -0.2) is 9.97 Å². The van der Waals surface area contributed by atoms with Gasteiger partial charge in [-0.2, -0.15) is 0 Å². The minimum absolute atomic E-state index is 0.852. The average molecular weight is 465 g/mol. The highest BCUT2D eigenvalue weighted by atomic mass is 14.9. The van der Waals surface area contributed by atoms with Crippen molar-refractivity contribution < 1.29 is 0 Å². The molecule has 0 aliphatic rings. The van der Waals surface area contributed by atoms with Gasteiger partial charge in [-0.15, -0.1) is 0 Å². The lowest BCUT2D eigenvalue weighted by Gasteiger charge is -2.06. The van der Waals surface area contributed by atoms with Crippen molar-refractivity contribution in [3.8, 4) is 11.4 Å². The van der Waals surface area contributed by atoms with Crippen LogP contribution in [0.5, 0.6) is 0 Å². The number of aryl methyl sites for hydroxylation is 2. The van der Waals surface area contributed by atoms with Gasteiger partial charge in [0.15, 0.2) is 5.82 Å². The molecule has 0 spiro atoms. The number of nitrogens with zero attached hydrogens (tertiary/aromatic N) is 2. The van der Waals surface area contributed by atoms with Gasteiger partial charge in [-0.1, -0.05) is 141 Å². The number of rotatable bonds is 21. The Kier molecular flexibility index (Phi) is 16.4. The van der Waals surface area contributed by atoms with Crippen molar-refractivity contribution in [2.45, 2.75) is 142 Å². The van der Waals surface area contributed by atoms with Gasteiger partial charge in [0.25, 0.3) is 0 Å². The van der Waals surface area contributed by atoms with E-state index in [1.54, 1.807) is 0 Å². The van der Waals surface area contributed by atoms with Gasteiger partial charge >= 0.3 is 0 Å². The van der Waals surface area contributed by atoms with E-state index >= 15 is 0 Å². The molecule has 0 atom stereocenters. The smallest absolute Gasteiger partial charge is 0.159 e. The fraction of sp³-hybridized carbons (Fsp3) is 0.688. The maximum absolute atomic E-state index is 4.65. The summed E-state index contributed by atoms with van der Waals surface area (Å²) in [5.41, 5.74) is 3.84. The highest BCUT2D eigenvalue weighted by Gasteiger charge is 2.03. The summed E-state index contributed by atoms with van der Waals surface area (Å²) >= 11 is 0. The Morgan fingerprint density at radius 2 is 0.824 bits per heavy atom. The fourth-order valence-electron chi connectivity index (χ4n) is 4.73. The summed E-state index contributed by atoms with van der Waals surface area (Å²) in [5, 5.41) is 0. The summed E-state index contributed by atoms with van der Waals surface area (Å²) in [7, 11) is 0. The van der Waals surface area contributed by atoms with Crippen molar-refractivity contribution in [3.63, 3.8) is 0 Å². The molecular formula is C32H52N2. The third-order valence-electron chi connectivity index (χ3n) is 7.06. The molecule has 34 heavy (non-hydrogen) atoms. The Bertz CT molecular complexity index is 705. The van der Waals surface area contributed by atoms with Crippen LogP contribution in [0.1, 0.15) is 141 Å². The van der Waals surface area contributed by atoms with Crippen LogP contribution in [0.3, 0.4) is 0 Å². The minimum Gasteiger partial charge on any atom is -0.236 e. The minimum atomic E-state index is 0.852. The molecule has 190 valence electrons. The van der Waals surface area contributed by atoms with Crippen LogP contribution in [0.2, 0.25) is 0 Å². The maximum atomic E-state index is 4.65. The Morgan fingerprint density at radius 1 is 0.441 bits per heavy atom. The normalized spacial score (nSPS) is 11.2. The summed E-state index contributed by atoms with van der Waals surface area (Å²) in [4.78, 5) is 9.30. The molecule has 0 radical (unpaired) electrons. The fourth-order valence-corrected chi connectivity index (χ4v) is 4.73. The van der Waals surface area contributed by atoms with Crippen molar-refractivity contribution in [1.29, 1.82) is 0 Å². The predicted octanol–water partition coefficient (Wildman–Crippen LogP) is 10.3. The van der Waals surface area contributed by atoms with E-state index in [9.17, 15) is 0 Å². The van der Waals surface area contributed by atoms with E-state index in [1.165, 1.54) is 133 Å². The molecule has 0 bridgehead atoms. The molecule has 2 rings (SSSR count). The molecule has 0 N–H and O–H groups in total. The van der Waals surface area contributed by atoms with Gasteiger partial charge in [0, 0.05) is 18.0 Å². The van der Waals surface area contributed by atoms with Crippen LogP contribution < -0.4 is 0 Å². The molecule has 0 aliphatic carbocycles. The number of hydrogen-bond acceptors (Lipinski definition) is 2. The van der Waals surface area contributed by atoms with Gasteiger partial charge in [0.1, 0.15) is 0 Å². The first-order valence-corrected chi connectivity index (χ1v) is 14.7. The average Bonchev–Trinajstić information content (AvgIpc) is 2.87. The van der Waals surface area contributed by atoms with E-state index in [2.05, 4.69) is 48.1 Å². The second-order valence-electron chi connectivity index (χ2n) is 10.3. The first-order chi connectivity index (χ1) is 16.8. The molecule has 0 amide bonds. The van der Waals surface area contributed by atoms with Crippen LogP contribution in [0.4, 0.5) is 0 Å². The van der Waals surface area contributed by atoms with Crippen LogP contribution in [0.25, 0.3) is 11.4 Å². The number of aromatic nitrogens is 2.